The van der Waals surface area contributed by atoms with Crippen LogP contribution in [-0.4, -0.2) is 38.3 Å². The maximum atomic E-state index is 13.5. The van der Waals surface area contributed by atoms with E-state index in [-0.39, 0.29) is 17.1 Å². The van der Waals surface area contributed by atoms with Gasteiger partial charge in [0, 0.05) is 18.8 Å². The van der Waals surface area contributed by atoms with E-state index >= 15 is 0 Å². The summed E-state index contributed by atoms with van der Waals surface area (Å²) in [6, 6.07) is 12.2. The zero-order valence-electron chi connectivity index (χ0n) is 14.1. The lowest BCUT2D eigenvalue weighted by atomic mass is 10.3. The van der Waals surface area contributed by atoms with Crippen molar-refractivity contribution in [2.45, 2.75) is 17.7 Å². The minimum Gasteiger partial charge on any atom is -0.376 e. The van der Waals surface area contributed by atoms with Crippen molar-refractivity contribution in [1.82, 2.24) is 4.31 Å². The quantitative estimate of drug-likeness (QED) is 0.811. The lowest BCUT2D eigenvalue weighted by molar-refractivity contribution is -0.114. The predicted octanol–water partition coefficient (Wildman–Crippen LogP) is 2.66. The third-order valence-corrected chi connectivity index (χ3v) is 6.07. The molecule has 1 aliphatic heterocycles. The number of carbonyl (C=O) groups is 1. The van der Waals surface area contributed by atoms with Gasteiger partial charge in [-0.15, -0.1) is 0 Å². The van der Waals surface area contributed by atoms with E-state index in [0.29, 0.717) is 18.8 Å². The molecule has 3 rings (SSSR count). The molecule has 1 saturated heterocycles. The summed E-state index contributed by atoms with van der Waals surface area (Å²) in [5.41, 5.74) is 0.723. The minimum atomic E-state index is -3.45. The zero-order chi connectivity index (χ0) is 18.6. The van der Waals surface area contributed by atoms with Crippen molar-refractivity contribution in [1.29, 1.82) is 0 Å². The molecule has 8 heteroatoms. The van der Waals surface area contributed by atoms with E-state index in [1.54, 1.807) is 24.3 Å². The molecule has 0 atom stereocenters. The van der Waals surface area contributed by atoms with Crippen molar-refractivity contribution in [2.75, 3.05) is 30.3 Å². The second kappa shape index (κ2) is 7.84. The Labute approximate surface area is 152 Å². The second-order valence-corrected chi connectivity index (χ2v) is 7.96. The van der Waals surface area contributed by atoms with Gasteiger partial charge in [0.05, 0.1) is 17.1 Å². The molecular formula is C18H20FN3O3S. The number of amides is 1. The summed E-state index contributed by atoms with van der Waals surface area (Å²) >= 11 is 0. The van der Waals surface area contributed by atoms with Gasteiger partial charge in [-0.05, 0) is 49.2 Å². The molecule has 0 aromatic heterocycles. The summed E-state index contributed by atoms with van der Waals surface area (Å²) in [7, 11) is -3.45. The summed E-state index contributed by atoms with van der Waals surface area (Å²) in [5, 5.41) is 5.36. The minimum absolute atomic E-state index is 0.0629. The highest BCUT2D eigenvalue weighted by Gasteiger charge is 2.26. The number of hydrogen-bond donors (Lipinski definition) is 2. The number of nitrogens with one attached hydrogen (secondary N) is 2. The van der Waals surface area contributed by atoms with E-state index in [9.17, 15) is 17.6 Å². The fourth-order valence-corrected chi connectivity index (χ4v) is 4.28. The normalized spacial score (nSPS) is 15.0. The number of anilines is 2. The Morgan fingerprint density at radius 2 is 1.69 bits per heavy atom. The van der Waals surface area contributed by atoms with Crippen LogP contribution in [0.3, 0.4) is 0 Å². The molecule has 1 heterocycles. The molecular weight excluding hydrogens is 357 g/mol. The molecule has 2 N–H and O–H groups in total. The second-order valence-electron chi connectivity index (χ2n) is 6.02. The van der Waals surface area contributed by atoms with Gasteiger partial charge in [0.15, 0.2) is 0 Å². The van der Waals surface area contributed by atoms with Crippen molar-refractivity contribution >= 4 is 27.3 Å². The fraction of sp³-hybridized carbons (Fsp3) is 0.278. The maximum Gasteiger partial charge on any atom is 0.243 e. The zero-order valence-corrected chi connectivity index (χ0v) is 14.9. The summed E-state index contributed by atoms with van der Waals surface area (Å²) in [6.45, 7) is 1.05. The Balaban J connectivity index is 1.57. The van der Waals surface area contributed by atoms with Crippen molar-refractivity contribution in [3.8, 4) is 0 Å². The molecule has 1 aliphatic rings. The molecule has 0 saturated carbocycles. The third kappa shape index (κ3) is 4.20. The molecule has 2 aromatic carbocycles. The molecule has 6 nitrogen and oxygen atoms in total. The van der Waals surface area contributed by atoms with Gasteiger partial charge in [0.1, 0.15) is 5.82 Å². The van der Waals surface area contributed by atoms with Crippen LogP contribution >= 0.6 is 0 Å². The number of benzene rings is 2. The first kappa shape index (κ1) is 18.3. The number of halogens is 1. The van der Waals surface area contributed by atoms with Crippen LogP contribution in [0.1, 0.15) is 12.8 Å². The van der Waals surface area contributed by atoms with Crippen molar-refractivity contribution in [2.24, 2.45) is 0 Å². The number of sulfonamides is 1. The Kier molecular flexibility index (Phi) is 5.53. The SMILES string of the molecule is O=C(CNc1ccc(S(=O)(=O)N2CCCC2)cc1)Nc1ccccc1F. The van der Waals surface area contributed by atoms with Crippen LogP contribution in [0, 0.1) is 5.82 Å². The molecule has 0 bridgehead atoms. The maximum absolute atomic E-state index is 13.5. The molecule has 138 valence electrons. The van der Waals surface area contributed by atoms with Gasteiger partial charge in [0.25, 0.3) is 0 Å². The smallest absolute Gasteiger partial charge is 0.243 e. The molecule has 1 fully saturated rings. The first-order valence-corrected chi connectivity index (χ1v) is 9.79. The van der Waals surface area contributed by atoms with Gasteiger partial charge in [-0.2, -0.15) is 4.31 Å². The number of hydrogen-bond acceptors (Lipinski definition) is 4. The first-order chi connectivity index (χ1) is 12.5. The number of carbonyl (C=O) groups excluding carboxylic acids is 1. The lowest BCUT2D eigenvalue weighted by Crippen LogP contribution is -2.27. The Hall–Kier alpha value is -2.45. The van der Waals surface area contributed by atoms with Crippen LogP contribution in [-0.2, 0) is 14.8 Å². The Morgan fingerprint density at radius 3 is 2.35 bits per heavy atom. The summed E-state index contributed by atoms with van der Waals surface area (Å²) < 4.78 is 39.9. The largest absolute Gasteiger partial charge is 0.376 e. The van der Waals surface area contributed by atoms with E-state index in [0.717, 1.165) is 12.8 Å². The fourth-order valence-electron chi connectivity index (χ4n) is 2.76. The first-order valence-electron chi connectivity index (χ1n) is 8.35. The van der Waals surface area contributed by atoms with Gasteiger partial charge in [-0.1, -0.05) is 12.1 Å². The van der Waals surface area contributed by atoms with Crippen LogP contribution in [0.2, 0.25) is 0 Å². The molecule has 2 aromatic rings. The van der Waals surface area contributed by atoms with E-state index in [1.807, 2.05) is 0 Å². The summed E-state index contributed by atoms with van der Waals surface area (Å²) in [6.07, 6.45) is 1.77. The van der Waals surface area contributed by atoms with Gasteiger partial charge >= 0.3 is 0 Å². The molecule has 1 amide bonds. The highest BCUT2D eigenvalue weighted by molar-refractivity contribution is 7.89. The molecule has 0 aliphatic carbocycles. The van der Waals surface area contributed by atoms with E-state index in [1.165, 1.54) is 28.6 Å². The molecule has 26 heavy (non-hydrogen) atoms. The van der Waals surface area contributed by atoms with Crippen molar-refractivity contribution in [3.63, 3.8) is 0 Å². The van der Waals surface area contributed by atoms with Crippen LogP contribution in [0.4, 0.5) is 15.8 Å². The van der Waals surface area contributed by atoms with Crippen molar-refractivity contribution in [3.05, 3.63) is 54.3 Å². The summed E-state index contributed by atoms with van der Waals surface area (Å²) in [4.78, 5) is 12.1. The standard InChI is InChI=1S/C18H20FN3O3S/c19-16-5-1-2-6-17(16)21-18(23)13-20-14-7-9-15(10-8-14)26(24,25)22-11-3-4-12-22/h1-2,5-10,20H,3-4,11-13H2,(H,21,23). The van der Waals surface area contributed by atoms with Gasteiger partial charge in [-0.3, -0.25) is 4.79 Å². The third-order valence-electron chi connectivity index (χ3n) is 4.16. The summed E-state index contributed by atoms with van der Waals surface area (Å²) in [5.74, 6) is -0.902. The van der Waals surface area contributed by atoms with Crippen LogP contribution in [0.5, 0.6) is 0 Å². The average molecular weight is 377 g/mol. The molecule has 0 spiro atoms. The highest BCUT2D eigenvalue weighted by atomic mass is 32.2. The Bertz CT molecular complexity index is 879. The molecule has 0 radical (unpaired) electrons. The van der Waals surface area contributed by atoms with Crippen molar-refractivity contribution < 1.29 is 17.6 Å². The lowest BCUT2D eigenvalue weighted by Gasteiger charge is -2.15. The topological polar surface area (TPSA) is 78.5 Å². The average Bonchev–Trinajstić information content (AvgIpc) is 3.18. The number of para-hydroxylation sites is 1. The van der Waals surface area contributed by atoms with Gasteiger partial charge < -0.3 is 10.6 Å². The predicted molar refractivity (Wildman–Crippen MR) is 98.0 cm³/mol. The van der Waals surface area contributed by atoms with E-state index in [4.69, 9.17) is 0 Å². The highest BCUT2D eigenvalue weighted by Crippen LogP contribution is 2.22. The van der Waals surface area contributed by atoms with Gasteiger partial charge in [0.2, 0.25) is 15.9 Å². The molecule has 0 unspecified atom stereocenters. The van der Waals surface area contributed by atoms with E-state index in [2.05, 4.69) is 10.6 Å². The van der Waals surface area contributed by atoms with E-state index < -0.39 is 21.7 Å². The number of nitrogens with zero attached hydrogens (tertiary/aromatic N) is 1. The van der Waals surface area contributed by atoms with Gasteiger partial charge in [-0.25, -0.2) is 12.8 Å². The van der Waals surface area contributed by atoms with Crippen LogP contribution in [0.15, 0.2) is 53.4 Å². The monoisotopic (exact) mass is 377 g/mol. The van der Waals surface area contributed by atoms with Crippen LogP contribution < -0.4 is 10.6 Å². The van der Waals surface area contributed by atoms with Crippen LogP contribution in [0.25, 0.3) is 0 Å². The number of rotatable bonds is 6. The Morgan fingerprint density at radius 1 is 1.04 bits per heavy atom.